The molecule has 32 heavy (non-hydrogen) atoms. The maximum absolute atomic E-state index is 12.2. The number of ether oxygens (including phenoxy) is 1. The number of hydrogen-bond acceptors (Lipinski definition) is 6. The van der Waals surface area contributed by atoms with Crippen molar-refractivity contribution >= 4 is 56.1 Å². The van der Waals surface area contributed by atoms with Crippen LogP contribution in [0.15, 0.2) is 0 Å². The van der Waals surface area contributed by atoms with Gasteiger partial charge in [-0.25, -0.2) is 9.59 Å². The predicted molar refractivity (Wildman–Crippen MR) is 120 cm³/mol. The zero-order valence-corrected chi connectivity index (χ0v) is 27.0. The zero-order valence-electron chi connectivity index (χ0n) is 17.6. The molecule has 0 radical (unpaired) electrons. The quantitative estimate of drug-likeness (QED) is 0.140. The third kappa shape index (κ3) is 22.9. The average molecular weight is 870 g/mol. The first-order valence-corrected chi connectivity index (χ1v) is 20.5. The van der Waals surface area contributed by atoms with Crippen LogP contribution in [0.25, 0.3) is 0 Å². The molecule has 0 bridgehead atoms. The Kier molecular flexibility index (Phi) is 25.2. The van der Waals surface area contributed by atoms with Gasteiger partial charge >= 0.3 is 154 Å². The van der Waals surface area contributed by atoms with Gasteiger partial charge in [0.15, 0.2) is 0 Å². The van der Waals surface area contributed by atoms with E-state index in [1.54, 1.807) is 8.13 Å². The van der Waals surface area contributed by atoms with Gasteiger partial charge in [0, 0.05) is 12.6 Å². The van der Waals surface area contributed by atoms with E-state index in [2.05, 4.69) is 34.0 Å². The molecular formula is C15H28N4O7P2S2W2. The van der Waals surface area contributed by atoms with Crippen molar-refractivity contribution in [2.45, 2.75) is 51.1 Å². The topological polar surface area (TPSA) is 155 Å². The van der Waals surface area contributed by atoms with E-state index in [4.69, 9.17) is 9.63 Å². The number of hydrogen-bond donors (Lipinski definition) is 5. The summed E-state index contributed by atoms with van der Waals surface area (Å²) < 4.78 is 9.34. The fourth-order valence-corrected chi connectivity index (χ4v) is 3.68. The van der Waals surface area contributed by atoms with E-state index < -0.39 is 30.2 Å². The van der Waals surface area contributed by atoms with Crippen LogP contribution in [0.1, 0.15) is 39.0 Å². The SMILES string of the molecule is COC(=O)NC(C)CCCNC(=O)C(CCCCNC(=O)OP=[S]=[W])NC(=O)O.P=[S]=[W]. The van der Waals surface area contributed by atoms with E-state index in [0.717, 1.165) is 0 Å². The first-order valence-electron chi connectivity index (χ1n) is 9.23. The van der Waals surface area contributed by atoms with Gasteiger partial charge in [0.25, 0.3) is 0 Å². The van der Waals surface area contributed by atoms with Crippen LogP contribution in [0.3, 0.4) is 0 Å². The van der Waals surface area contributed by atoms with Crippen LogP contribution in [0.5, 0.6) is 0 Å². The summed E-state index contributed by atoms with van der Waals surface area (Å²) in [6.07, 6.45) is 0.378. The van der Waals surface area contributed by atoms with Gasteiger partial charge in [0.05, 0.1) is 7.11 Å². The van der Waals surface area contributed by atoms with Crippen LogP contribution in [0.4, 0.5) is 14.4 Å². The van der Waals surface area contributed by atoms with Crippen molar-refractivity contribution in [1.82, 2.24) is 21.3 Å². The minimum absolute atomic E-state index is 0.108. The number of carbonyl (C=O) groups is 4. The number of rotatable bonds is 13. The van der Waals surface area contributed by atoms with Gasteiger partial charge in [-0.2, -0.15) is 0 Å². The maximum atomic E-state index is 12.2. The predicted octanol–water partition coefficient (Wildman–Crippen LogP) is 2.07. The Hall–Kier alpha value is -0.303. The summed E-state index contributed by atoms with van der Waals surface area (Å²) in [5.41, 5.74) is 0. The molecule has 0 heterocycles. The van der Waals surface area contributed by atoms with Gasteiger partial charge in [-0.05, 0) is 19.8 Å². The molecule has 184 valence electrons. The zero-order chi connectivity index (χ0) is 24.8. The fourth-order valence-electron chi connectivity index (χ4n) is 2.24. The Bertz CT molecular complexity index is 697. The summed E-state index contributed by atoms with van der Waals surface area (Å²) in [5, 5.41) is 19.0. The number of unbranched alkanes of at least 4 members (excludes halogenated alkanes) is 1. The van der Waals surface area contributed by atoms with Crippen molar-refractivity contribution < 1.29 is 69.5 Å². The summed E-state index contributed by atoms with van der Waals surface area (Å²) in [7, 11) is 8.04. The fraction of sp³-hybridized carbons (Fsp3) is 0.733. The molecule has 0 aromatic rings. The van der Waals surface area contributed by atoms with Crippen molar-refractivity contribution in [3.05, 3.63) is 0 Å². The molecule has 2 atom stereocenters. The van der Waals surface area contributed by atoms with Crippen LogP contribution >= 0.6 is 15.6 Å². The van der Waals surface area contributed by atoms with Crippen LogP contribution < -0.4 is 21.3 Å². The third-order valence-corrected chi connectivity index (χ3v) is 6.29. The first kappa shape index (κ1) is 33.9. The van der Waals surface area contributed by atoms with Crippen molar-refractivity contribution in [3.63, 3.8) is 0 Å². The molecule has 0 aliphatic rings. The molecule has 0 saturated heterocycles. The van der Waals surface area contributed by atoms with E-state index >= 15 is 0 Å². The van der Waals surface area contributed by atoms with Crippen molar-refractivity contribution in [2.24, 2.45) is 0 Å². The molecule has 0 aromatic heterocycles. The van der Waals surface area contributed by atoms with E-state index in [1.165, 1.54) is 51.2 Å². The normalized spacial score (nSPS) is 11.4. The Morgan fingerprint density at radius 1 is 1.03 bits per heavy atom. The molecule has 17 heteroatoms. The summed E-state index contributed by atoms with van der Waals surface area (Å²) in [6, 6.07) is -0.980. The van der Waals surface area contributed by atoms with E-state index in [0.29, 0.717) is 52.8 Å². The molecule has 2 unspecified atom stereocenters. The Morgan fingerprint density at radius 2 is 1.66 bits per heavy atom. The van der Waals surface area contributed by atoms with Gasteiger partial charge in [-0.3, -0.25) is 0 Å². The number of amides is 4. The molecular weight excluding hydrogens is 842 g/mol. The number of methoxy groups -OCH3 is 1. The van der Waals surface area contributed by atoms with Crippen molar-refractivity contribution in [2.75, 3.05) is 20.2 Å². The number of nitrogens with one attached hydrogen (secondary N) is 4. The summed E-state index contributed by atoms with van der Waals surface area (Å²) in [5.74, 6) is -0.408. The first-order chi connectivity index (χ1) is 15.2. The number of carboxylic acid groups (broad SMARTS) is 1. The molecule has 0 saturated carbocycles. The van der Waals surface area contributed by atoms with E-state index in [1.807, 2.05) is 6.92 Å². The minimum atomic E-state index is -1.28. The molecule has 11 nitrogen and oxygen atoms in total. The van der Waals surface area contributed by atoms with Gasteiger partial charge in [0.2, 0.25) is 0 Å². The van der Waals surface area contributed by atoms with Crippen LogP contribution in [0, 0.1) is 0 Å². The van der Waals surface area contributed by atoms with Crippen LogP contribution in [-0.2, 0) is 66.3 Å². The molecule has 0 fully saturated rings. The second-order valence-electron chi connectivity index (χ2n) is 6.01. The number of carbonyl (C=O) groups excluding carboxylic acids is 3. The van der Waals surface area contributed by atoms with Crippen LogP contribution in [-0.4, -0.2) is 61.6 Å². The van der Waals surface area contributed by atoms with E-state index in [9.17, 15) is 19.2 Å². The summed E-state index contributed by atoms with van der Waals surface area (Å²) >= 11 is 2.75. The van der Waals surface area contributed by atoms with E-state index in [-0.39, 0.29) is 6.04 Å². The Morgan fingerprint density at radius 3 is 2.22 bits per heavy atom. The average Bonchev–Trinajstić information content (AvgIpc) is 2.74. The summed E-state index contributed by atoms with van der Waals surface area (Å²) in [6.45, 7) is 2.55. The van der Waals surface area contributed by atoms with Crippen LogP contribution in [0.2, 0.25) is 0 Å². The second-order valence-corrected chi connectivity index (χ2v) is 18.3. The molecule has 0 rings (SSSR count). The standard InChI is InChI=1S/C15H27N4O7PS.HPS.2W/c1-10(18-15(24)25-2)6-5-9-16-12(20)11(19-13(21)22)7-3-4-8-17-14(23)26-27-28;1-2;;/h10-11,19H,3-9H2,1-2H3,(H,16,20)(H,17,23)(H,18,24)(H,21,22);1H;;. The monoisotopic (exact) mass is 870 g/mol. The molecule has 0 aliphatic carbocycles. The molecule has 4 amide bonds. The number of alkyl carbamates (subject to hydrolysis) is 1. The molecule has 0 aromatic carbocycles. The van der Waals surface area contributed by atoms with Gasteiger partial charge < -0.3 is 15.2 Å². The molecule has 0 aliphatic heterocycles. The van der Waals surface area contributed by atoms with Crippen molar-refractivity contribution in [3.8, 4) is 0 Å². The summed E-state index contributed by atoms with van der Waals surface area (Å²) in [4.78, 5) is 45.5. The van der Waals surface area contributed by atoms with Gasteiger partial charge in [-0.15, -0.1) is 0 Å². The Balaban J connectivity index is 0. The Labute approximate surface area is 216 Å². The molecule has 5 N–H and O–H groups in total. The van der Waals surface area contributed by atoms with Gasteiger partial charge in [0.1, 0.15) is 0 Å². The second kappa shape index (κ2) is 23.8. The third-order valence-electron chi connectivity index (χ3n) is 3.62. The van der Waals surface area contributed by atoms with Crippen molar-refractivity contribution in [1.29, 1.82) is 0 Å². The van der Waals surface area contributed by atoms with Gasteiger partial charge in [-0.1, -0.05) is 0 Å². The molecule has 0 spiro atoms.